The Morgan fingerprint density at radius 3 is 1.69 bits per heavy atom. The van der Waals surface area contributed by atoms with Crippen molar-refractivity contribution in [3.05, 3.63) is 64.1 Å². The summed E-state index contributed by atoms with van der Waals surface area (Å²) in [6.45, 7) is 0. The second kappa shape index (κ2) is 5.17. The molecule has 0 saturated heterocycles. The molecule has 0 atom stereocenters. The van der Waals surface area contributed by atoms with Gasteiger partial charge in [0, 0.05) is 4.47 Å². The Hall–Kier alpha value is -1.28. The first-order valence-electron chi connectivity index (χ1n) is 5.24. The van der Waals surface area contributed by atoms with Gasteiger partial charge in [-0.2, -0.15) is 0 Å². The van der Waals surface area contributed by atoms with Crippen molar-refractivity contribution < 1.29 is 0 Å². The molecule has 0 N–H and O–H groups in total. The van der Waals surface area contributed by atoms with Crippen molar-refractivity contribution in [1.82, 2.24) is 0 Å². The zero-order valence-electron chi connectivity index (χ0n) is 9.15. The quantitative estimate of drug-likeness (QED) is 0.582. The molecule has 16 heavy (non-hydrogen) atoms. The van der Waals surface area contributed by atoms with Crippen LogP contribution in [0, 0.1) is 0 Å². The lowest BCUT2D eigenvalue weighted by Crippen LogP contribution is -1.98. The van der Waals surface area contributed by atoms with E-state index >= 15 is 0 Å². The fraction of sp³-hybridized carbons (Fsp3) is 0. The normalized spacial score (nSPS) is 10.8. The van der Waals surface area contributed by atoms with Gasteiger partial charge in [-0.05, 0) is 23.3 Å². The Morgan fingerprint density at radius 1 is 0.750 bits per heavy atom. The molecule has 0 aliphatic carbocycles. The molecule has 0 radical (unpaired) electrons. The van der Waals surface area contributed by atoms with Crippen molar-refractivity contribution in [2.45, 2.75) is 0 Å². The zero-order valence-corrected chi connectivity index (χ0v) is 10.7. The lowest BCUT2D eigenvalue weighted by molar-refractivity contribution is 1.61. The van der Waals surface area contributed by atoms with Crippen LogP contribution in [0.25, 0.3) is 12.2 Å². The van der Waals surface area contributed by atoms with Crippen molar-refractivity contribution in [3.63, 3.8) is 0 Å². The van der Waals surface area contributed by atoms with E-state index in [9.17, 15) is 0 Å². The van der Waals surface area contributed by atoms with Crippen molar-refractivity contribution in [2.75, 3.05) is 0 Å². The van der Waals surface area contributed by atoms with Crippen LogP contribution >= 0.6 is 15.9 Å². The number of hydrogen-bond acceptors (Lipinski definition) is 0. The first kappa shape index (κ1) is 11.2. The van der Waals surface area contributed by atoms with E-state index in [-0.39, 0.29) is 0 Å². The molecule has 0 saturated carbocycles. The van der Waals surface area contributed by atoms with Gasteiger partial charge in [0.05, 0.1) is 0 Å². The van der Waals surface area contributed by atoms with Crippen LogP contribution in [0.5, 0.6) is 0 Å². The fourth-order valence-electron chi connectivity index (χ4n) is 1.44. The molecule has 0 spiro atoms. The van der Waals surface area contributed by atoms with E-state index in [1.54, 1.807) is 0 Å². The summed E-state index contributed by atoms with van der Waals surface area (Å²) in [5, 5.41) is 0. The molecule has 0 nitrogen and oxygen atoms in total. The Bertz CT molecular complexity index is 436. The second-order valence-electron chi connectivity index (χ2n) is 3.80. The molecule has 2 aromatic carbocycles. The smallest absolute Gasteiger partial charge is 0.0889 e. The molecule has 0 unspecified atom stereocenters. The molecule has 0 fully saturated rings. The summed E-state index contributed by atoms with van der Waals surface area (Å²) in [5.74, 6) is 0. The summed E-state index contributed by atoms with van der Waals surface area (Å²) < 4.78 is 1.11. The van der Waals surface area contributed by atoms with Crippen LogP contribution in [0.4, 0.5) is 0 Å². The van der Waals surface area contributed by atoms with Gasteiger partial charge in [0.2, 0.25) is 0 Å². The molecule has 0 aliphatic heterocycles. The van der Waals surface area contributed by atoms with Crippen molar-refractivity contribution >= 4 is 41.4 Å². The van der Waals surface area contributed by atoms with E-state index in [4.69, 9.17) is 0 Å². The van der Waals surface area contributed by atoms with Gasteiger partial charge in [0.25, 0.3) is 0 Å². The molecule has 0 heterocycles. The number of rotatable bonds is 2. The predicted molar refractivity (Wildman–Crippen MR) is 77.7 cm³/mol. The third-order valence-electron chi connectivity index (χ3n) is 2.42. The summed E-state index contributed by atoms with van der Waals surface area (Å²) >= 11 is 3.43. The summed E-state index contributed by atoms with van der Waals surface area (Å²) in [6.07, 6.45) is 4.25. The first-order chi connectivity index (χ1) is 7.74. The molecule has 2 heteroatoms. The number of hydrogen-bond donors (Lipinski definition) is 0. The van der Waals surface area contributed by atoms with E-state index in [1.165, 1.54) is 16.6 Å². The van der Waals surface area contributed by atoms with Crippen molar-refractivity contribution in [2.24, 2.45) is 0 Å². The summed E-state index contributed by atoms with van der Waals surface area (Å²) in [6, 6.07) is 16.8. The molecule has 2 rings (SSSR count). The summed E-state index contributed by atoms with van der Waals surface area (Å²) in [7, 11) is 2.10. The van der Waals surface area contributed by atoms with Crippen LogP contribution in [0.3, 0.4) is 0 Å². The van der Waals surface area contributed by atoms with Crippen LogP contribution in [-0.2, 0) is 0 Å². The van der Waals surface area contributed by atoms with Gasteiger partial charge in [-0.3, -0.25) is 0 Å². The van der Waals surface area contributed by atoms with Crippen LogP contribution in [0.1, 0.15) is 11.1 Å². The van der Waals surface area contributed by atoms with E-state index < -0.39 is 0 Å². The van der Waals surface area contributed by atoms with E-state index in [2.05, 4.69) is 84.5 Å². The maximum absolute atomic E-state index is 3.43. The van der Waals surface area contributed by atoms with Crippen molar-refractivity contribution in [3.8, 4) is 0 Å². The Morgan fingerprint density at radius 2 is 1.19 bits per heavy atom. The minimum Gasteiger partial charge on any atom is -0.0889 e. The van der Waals surface area contributed by atoms with Crippen LogP contribution in [0.15, 0.2) is 53.0 Å². The molecular formula is C14H12BBr. The summed E-state index contributed by atoms with van der Waals surface area (Å²) in [4.78, 5) is 0. The standard InChI is InChI=1S/C14H12BBr/c15-13-7-3-11(4-8-13)1-2-12-5-9-14(16)10-6-12/h1-10H,15H2/b2-1-. The van der Waals surface area contributed by atoms with Crippen molar-refractivity contribution in [1.29, 1.82) is 0 Å². The van der Waals surface area contributed by atoms with Crippen LogP contribution < -0.4 is 5.46 Å². The van der Waals surface area contributed by atoms with Gasteiger partial charge < -0.3 is 0 Å². The highest BCUT2D eigenvalue weighted by Crippen LogP contribution is 2.12. The van der Waals surface area contributed by atoms with Gasteiger partial charge >= 0.3 is 0 Å². The number of halogens is 1. The molecule has 0 aromatic heterocycles. The molecule has 2 aromatic rings. The zero-order chi connectivity index (χ0) is 11.4. The Balaban J connectivity index is 2.15. The monoisotopic (exact) mass is 270 g/mol. The van der Waals surface area contributed by atoms with Gasteiger partial charge in [0.1, 0.15) is 7.85 Å². The Kier molecular flexibility index (Phi) is 3.63. The first-order valence-corrected chi connectivity index (χ1v) is 6.04. The van der Waals surface area contributed by atoms with E-state index in [0.717, 1.165) is 4.47 Å². The average molecular weight is 271 g/mol. The van der Waals surface area contributed by atoms with Crippen LogP contribution in [0.2, 0.25) is 0 Å². The predicted octanol–water partition coefficient (Wildman–Crippen LogP) is 2.88. The second-order valence-corrected chi connectivity index (χ2v) is 4.71. The maximum atomic E-state index is 3.43. The molecule has 0 bridgehead atoms. The molecular weight excluding hydrogens is 259 g/mol. The highest BCUT2D eigenvalue weighted by Gasteiger charge is 1.89. The van der Waals surface area contributed by atoms with Gasteiger partial charge in [0.15, 0.2) is 0 Å². The largest absolute Gasteiger partial charge is 0.139 e. The topological polar surface area (TPSA) is 0 Å². The molecule has 0 amide bonds. The lowest BCUT2D eigenvalue weighted by atomic mass is 9.95. The van der Waals surface area contributed by atoms with Crippen LogP contribution in [-0.4, -0.2) is 7.85 Å². The van der Waals surface area contributed by atoms with E-state index in [1.807, 2.05) is 0 Å². The van der Waals surface area contributed by atoms with Gasteiger partial charge in [-0.15, -0.1) is 0 Å². The third-order valence-corrected chi connectivity index (χ3v) is 2.94. The highest BCUT2D eigenvalue weighted by atomic mass is 79.9. The lowest BCUT2D eigenvalue weighted by Gasteiger charge is -1.96. The summed E-state index contributed by atoms with van der Waals surface area (Å²) in [5.41, 5.74) is 3.73. The third kappa shape index (κ3) is 3.11. The SMILES string of the molecule is Bc1ccc(/C=C\c2ccc(Br)cc2)cc1. The maximum Gasteiger partial charge on any atom is 0.139 e. The molecule has 0 aliphatic rings. The molecule has 78 valence electrons. The van der Waals surface area contributed by atoms with Gasteiger partial charge in [-0.1, -0.05) is 69.9 Å². The van der Waals surface area contributed by atoms with Gasteiger partial charge in [-0.25, -0.2) is 0 Å². The fourth-order valence-corrected chi connectivity index (χ4v) is 1.71. The van der Waals surface area contributed by atoms with E-state index in [0.29, 0.717) is 0 Å². The minimum atomic E-state index is 1.11. The average Bonchev–Trinajstić information content (AvgIpc) is 2.30. The number of benzene rings is 2. The minimum absolute atomic E-state index is 1.11. The Labute approximate surface area is 106 Å². The highest BCUT2D eigenvalue weighted by molar-refractivity contribution is 9.10.